The number of aliphatic hydroxyl groups excluding tert-OH is 1. The fraction of sp³-hybridized carbons (Fsp3) is 0.667. The molecule has 156 valence electrons. The third-order valence-corrected chi connectivity index (χ3v) is 12.2. The lowest BCUT2D eigenvalue weighted by atomic mass is 9.55. The molecular weight excluding hydrogens is 406 g/mol. The van der Waals surface area contributed by atoms with Gasteiger partial charge in [-0.05, 0) is 72.1 Å². The Hall–Kier alpha value is -0.720. The highest BCUT2D eigenvalue weighted by molar-refractivity contribution is 7.72. The van der Waals surface area contributed by atoms with Crippen molar-refractivity contribution < 1.29 is 38.9 Å². The second-order valence-corrected chi connectivity index (χ2v) is 13.0. The van der Waals surface area contributed by atoms with E-state index in [9.17, 15) is 38.9 Å². The first kappa shape index (κ1) is 20.5. The Bertz CT molecular complexity index is 883. The standard InChI is InChI=1S/C18H26O8P2/c1-17-7-6-13-12-5-3-11(19)8-10(12)2-4-14(13)16(17)18(9-15(17)20,27(21,22)23)28(24,25)26/h3,5,8,13-16,19-20H,2,4,6-7,9H2,1H3,(H2,21,22,23)(H2,24,25,26)/t13-,14-,15?,16+,17-/m1/s1. The van der Waals surface area contributed by atoms with E-state index < -0.39 is 43.9 Å². The van der Waals surface area contributed by atoms with Gasteiger partial charge in [0.1, 0.15) is 5.75 Å². The first-order valence-corrected chi connectivity index (χ1v) is 12.7. The summed E-state index contributed by atoms with van der Waals surface area (Å²) in [5.74, 6) is -1.34. The molecule has 2 fully saturated rings. The Morgan fingerprint density at radius 1 is 1.07 bits per heavy atom. The molecule has 0 amide bonds. The van der Waals surface area contributed by atoms with Crippen LogP contribution in [0.15, 0.2) is 18.2 Å². The summed E-state index contributed by atoms with van der Waals surface area (Å²) in [5.41, 5.74) is 0.946. The third-order valence-electron chi connectivity index (χ3n) is 7.68. The summed E-state index contributed by atoms with van der Waals surface area (Å²) in [4.78, 5) is 38.1. The zero-order valence-corrected chi connectivity index (χ0v) is 17.3. The van der Waals surface area contributed by atoms with Gasteiger partial charge >= 0.3 is 15.2 Å². The minimum absolute atomic E-state index is 0.120. The Morgan fingerprint density at radius 2 is 1.71 bits per heavy atom. The average Bonchev–Trinajstić information content (AvgIpc) is 2.83. The van der Waals surface area contributed by atoms with Crippen LogP contribution in [0.3, 0.4) is 0 Å². The lowest BCUT2D eigenvalue weighted by Crippen LogP contribution is -2.50. The SMILES string of the molecule is C[C@]12CC[C@@H]3c4ccc(O)cc4CC[C@H]3[C@@H]1C(P(=O)(O)O)(P(=O)(O)O)CC2O. The van der Waals surface area contributed by atoms with Gasteiger partial charge in [0.15, 0.2) is 4.90 Å². The summed E-state index contributed by atoms with van der Waals surface area (Å²) >= 11 is 0. The Kier molecular flexibility index (Phi) is 4.51. The first-order chi connectivity index (χ1) is 12.8. The quantitative estimate of drug-likeness (QED) is 0.389. The number of aliphatic hydroxyl groups is 1. The van der Waals surface area contributed by atoms with Gasteiger partial charge in [-0.3, -0.25) is 9.13 Å². The fourth-order valence-corrected chi connectivity index (χ4v) is 10.3. The first-order valence-electron chi connectivity index (χ1n) is 9.44. The highest BCUT2D eigenvalue weighted by Gasteiger charge is 2.77. The molecule has 0 saturated heterocycles. The lowest BCUT2D eigenvalue weighted by molar-refractivity contribution is -0.0256. The maximum atomic E-state index is 12.6. The molecule has 1 aromatic rings. The summed E-state index contributed by atoms with van der Waals surface area (Å²) in [6.45, 7) is 1.71. The van der Waals surface area contributed by atoms with Crippen LogP contribution >= 0.6 is 15.2 Å². The van der Waals surface area contributed by atoms with Crippen LogP contribution in [-0.4, -0.2) is 40.8 Å². The molecule has 0 heterocycles. The van der Waals surface area contributed by atoms with Crippen molar-refractivity contribution in [2.45, 2.75) is 55.9 Å². The van der Waals surface area contributed by atoms with E-state index >= 15 is 0 Å². The number of aromatic hydroxyl groups is 1. The maximum Gasteiger partial charge on any atom is 0.344 e. The molecule has 0 aliphatic heterocycles. The minimum Gasteiger partial charge on any atom is -0.508 e. The molecule has 0 aromatic heterocycles. The average molecular weight is 432 g/mol. The molecule has 0 radical (unpaired) electrons. The number of aryl methyl sites for hydroxylation is 1. The number of fused-ring (bicyclic) bond motifs is 5. The van der Waals surface area contributed by atoms with E-state index in [0.717, 1.165) is 11.1 Å². The van der Waals surface area contributed by atoms with Crippen LogP contribution in [0.1, 0.15) is 49.7 Å². The van der Waals surface area contributed by atoms with Gasteiger partial charge in [-0.15, -0.1) is 0 Å². The van der Waals surface area contributed by atoms with Crippen molar-refractivity contribution in [3.05, 3.63) is 29.3 Å². The number of benzene rings is 1. The molecule has 2 saturated carbocycles. The largest absolute Gasteiger partial charge is 0.508 e. The summed E-state index contributed by atoms with van der Waals surface area (Å²) in [6, 6.07) is 5.05. The van der Waals surface area contributed by atoms with Gasteiger partial charge in [0.05, 0.1) is 6.10 Å². The van der Waals surface area contributed by atoms with Crippen LogP contribution in [0.5, 0.6) is 5.75 Å². The smallest absolute Gasteiger partial charge is 0.344 e. The molecule has 5 atom stereocenters. The Balaban J connectivity index is 1.91. The number of hydrogen-bond acceptors (Lipinski definition) is 4. The van der Waals surface area contributed by atoms with Gasteiger partial charge in [-0.1, -0.05) is 13.0 Å². The summed E-state index contributed by atoms with van der Waals surface area (Å²) in [7, 11) is -10.5. The lowest BCUT2D eigenvalue weighted by Gasteiger charge is -2.53. The molecule has 3 aliphatic carbocycles. The van der Waals surface area contributed by atoms with Crippen molar-refractivity contribution in [1.82, 2.24) is 0 Å². The predicted molar refractivity (Wildman–Crippen MR) is 101 cm³/mol. The van der Waals surface area contributed by atoms with E-state index in [2.05, 4.69) is 0 Å². The second kappa shape index (κ2) is 6.14. The predicted octanol–water partition coefficient (Wildman–Crippen LogP) is 2.27. The molecule has 4 rings (SSSR count). The molecule has 3 aliphatic rings. The molecule has 6 N–H and O–H groups in total. The molecule has 8 nitrogen and oxygen atoms in total. The molecule has 0 spiro atoms. The summed E-state index contributed by atoms with van der Waals surface area (Å²) in [5, 5.41) is 20.5. The Morgan fingerprint density at radius 3 is 2.32 bits per heavy atom. The van der Waals surface area contributed by atoms with E-state index in [0.29, 0.717) is 25.7 Å². The molecule has 0 bridgehead atoms. The van der Waals surface area contributed by atoms with Gasteiger partial charge in [-0.25, -0.2) is 0 Å². The fourth-order valence-electron chi connectivity index (χ4n) is 6.46. The van der Waals surface area contributed by atoms with Gasteiger partial charge in [0.25, 0.3) is 0 Å². The topological polar surface area (TPSA) is 156 Å². The van der Waals surface area contributed by atoms with Crippen molar-refractivity contribution in [3.63, 3.8) is 0 Å². The summed E-state index contributed by atoms with van der Waals surface area (Å²) in [6.07, 6.45) is 0.323. The molecule has 1 aromatic carbocycles. The molecule has 28 heavy (non-hydrogen) atoms. The highest BCUT2D eigenvalue weighted by atomic mass is 31.2. The van der Waals surface area contributed by atoms with Crippen molar-refractivity contribution in [2.24, 2.45) is 17.3 Å². The van der Waals surface area contributed by atoms with Crippen molar-refractivity contribution in [2.75, 3.05) is 0 Å². The molecule has 10 heteroatoms. The van der Waals surface area contributed by atoms with Gasteiger partial charge in [0, 0.05) is 6.42 Å². The van der Waals surface area contributed by atoms with Crippen LogP contribution < -0.4 is 0 Å². The number of hydrogen-bond donors (Lipinski definition) is 6. The van der Waals surface area contributed by atoms with Crippen molar-refractivity contribution in [3.8, 4) is 5.75 Å². The van der Waals surface area contributed by atoms with E-state index in [1.807, 2.05) is 0 Å². The highest BCUT2D eigenvalue weighted by Crippen LogP contribution is 2.83. The van der Waals surface area contributed by atoms with E-state index in [1.165, 1.54) is 0 Å². The van der Waals surface area contributed by atoms with Crippen LogP contribution in [0.2, 0.25) is 0 Å². The monoisotopic (exact) mass is 432 g/mol. The van der Waals surface area contributed by atoms with Gasteiger partial charge in [0.2, 0.25) is 0 Å². The third kappa shape index (κ3) is 2.56. The van der Waals surface area contributed by atoms with E-state index in [-0.39, 0.29) is 17.6 Å². The minimum atomic E-state index is -5.25. The Labute approximate surface area is 162 Å². The zero-order valence-electron chi connectivity index (χ0n) is 15.5. The van der Waals surface area contributed by atoms with Crippen LogP contribution in [0.4, 0.5) is 0 Å². The molecular formula is C18H26O8P2. The van der Waals surface area contributed by atoms with Crippen molar-refractivity contribution in [1.29, 1.82) is 0 Å². The van der Waals surface area contributed by atoms with Crippen LogP contribution in [0, 0.1) is 17.3 Å². The maximum absolute atomic E-state index is 12.6. The normalized spacial score (nSPS) is 37.1. The van der Waals surface area contributed by atoms with E-state index in [1.54, 1.807) is 25.1 Å². The van der Waals surface area contributed by atoms with Crippen LogP contribution in [0.25, 0.3) is 0 Å². The number of rotatable bonds is 2. The molecule has 1 unspecified atom stereocenters. The summed E-state index contributed by atoms with van der Waals surface area (Å²) < 4.78 is 25.1. The van der Waals surface area contributed by atoms with Gasteiger partial charge < -0.3 is 29.8 Å². The van der Waals surface area contributed by atoms with E-state index in [4.69, 9.17) is 0 Å². The number of phenols is 1. The second-order valence-electron chi connectivity index (χ2n) is 8.90. The van der Waals surface area contributed by atoms with Crippen molar-refractivity contribution >= 4 is 15.2 Å². The van der Waals surface area contributed by atoms with Gasteiger partial charge in [-0.2, -0.15) is 0 Å². The number of phenolic OH excluding ortho intramolecular Hbond substituents is 1. The van der Waals surface area contributed by atoms with Crippen LogP contribution in [-0.2, 0) is 15.6 Å². The zero-order chi connectivity index (χ0) is 20.7.